The van der Waals surface area contributed by atoms with Crippen LogP contribution in [-0.4, -0.2) is 19.3 Å². The first-order valence-electron chi connectivity index (χ1n) is 6.52. The second kappa shape index (κ2) is 4.83. The Hall–Kier alpha value is -2.01. The molecule has 0 amide bonds. The predicted molar refractivity (Wildman–Crippen MR) is 80.8 cm³/mol. The highest BCUT2D eigenvalue weighted by molar-refractivity contribution is 6.31. The molecule has 1 aromatic carbocycles. The third kappa shape index (κ3) is 1.94. The molecule has 0 saturated heterocycles. The Balaban J connectivity index is 2.14. The number of halogens is 1. The molecule has 104 valence electrons. The molecule has 2 N–H and O–H groups in total. The average Bonchev–Trinajstić information content (AvgIpc) is 2.91. The Bertz CT molecular complexity index is 771. The third-order valence-electron chi connectivity index (χ3n) is 3.44. The first-order valence-corrected chi connectivity index (χ1v) is 6.90. The number of fused-ring (bicyclic) bond motifs is 1. The zero-order valence-corrected chi connectivity index (χ0v) is 12.2. The molecule has 0 bridgehead atoms. The van der Waals surface area contributed by atoms with Crippen LogP contribution < -0.4 is 5.73 Å². The van der Waals surface area contributed by atoms with Crippen molar-refractivity contribution in [2.45, 2.75) is 19.9 Å². The molecule has 0 aliphatic heterocycles. The number of aryl methyl sites for hydroxylation is 2. The second-order valence-corrected chi connectivity index (χ2v) is 5.15. The number of aromatic nitrogens is 4. The molecule has 3 rings (SSSR count). The quantitative estimate of drug-likeness (QED) is 0.806. The van der Waals surface area contributed by atoms with E-state index < -0.39 is 0 Å². The standard InChI is InChI=1S/C14H16ClN5/c1-3-11-12-13(19(2)18-11)20(14(16)17-12)8-9-6-4-5-7-10(9)15/h4-7H,3,8H2,1-2H3,(H2,16,17). The van der Waals surface area contributed by atoms with Crippen LogP contribution in [0.3, 0.4) is 0 Å². The van der Waals surface area contributed by atoms with Crippen molar-refractivity contribution in [1.29, 1.82) is 0 Å². The van der Waals surface area contributed by atoms with Gasteiger partial charge in [-0.05, 0) is 18.1 Å². The van der Waals surface area contributed by atoms with Crippen LogP contribution in [-0.2, 0) is 20.0 Å². The Morgan fingerprint density at radius 2 is 2.05 bits per heavy atom. The topological polar surface area (TPSA) is 61.7 Å². The average molecular weight is 290 g/mol. The Kier molecular flexibility index (Phi) is 3.14. The Morgan fingerprint density at radius 3 is 2.75 bits per heavy atom. The number of nitrogens with zero attached hydrogens (tertiary/aromatic N) is 4. The molecule has 6 heteroatoms. The van der Waals surface area contributed by atoms with Crippen molar-refractivity contribution in [3.8, 4) is 0 Å². The fourth-order valence-electron chi connectivity index (χ4n) is 2.45. The van der Waals surface area contributed by atoms with E-state index in [1.54, 1.807) is 0 Å². The van der Waals surface area contributed by atoms with Crippen molar-refractivity contribution < 1.29 is 0 Å². The van der Waals surface area contributed by atoms with Crippen molar-refractivity contribution >= 4 is 28.7 Å². The summed E-state index contributed by atoms with van der Waals surface area (Å²) >= 11 is 6.22. The van der Waals surface area contributed by atoms with Gasteiger partial charge in [0.05, 0.1) is 12.2 Å². The molecule has 0 radical (unpaired) electrons. The Labute approximate surface area is 122 Å². The maximum Gasteiger partial charge on any atom is 0.202 e. The number of benzene rings is 1. The molecule has 5 nitrogen and oxygen atoms in total. The lowest BCUT2D eigenvalue weighted by atomic mass is 10.2. The van der Waals surface area contributed by atoms with E-state index in [0.29, 0.717) is 12.5 Å². The van der Waals surface area contributed by atoms with Crippen LogP contribution in [0.5, 0.6) is 0 Å². The summed E-state index contributed by atoms with van der Waals surface area (Å²) < 4.78 is 3.77. The minimum Gasteiger partial charge on any atom is -0.369 e. The van der Waals surface area contributed by atoms with Gasteiger partial charge in [0.2, 0.25) is 5.95 Å². The van der Waals surface area contributed by atoms with Crippen molar-refractivity contribution in [3.05, 3.63) is 40.5 Å². The number of hydrogen-bond acceptors (Lipinski definition) is 3. The third-order valence-corrected chi connectivity index (χ3v) is 3.81. The maximum absolute atomic E-state index is 6.22. The lowest BCUT2D eigenvalue weighted by molar-refractivity contribution is 0.719. The molecule has 0 aliphatic carbocycles. The van der Waals surface area contributed by atoms with Crippen LogP contribution in [0, 0.1) is 0 Å². The summed E-state index contributed by atoms with van der Waals surface area (Å²) in [5.41, 5.74) is 9.84. The molecule has 0 aliphatic rings. The molecular formula is C14H16ClN5. The van der Waals surface area contributed by atoms with E-state index in [1.165, 1.54) is 0 Å². The molecule has 0 unspecified atom stereocenters. The van der Waals surface area contributed by atoms with E-state index in [-0.39, 0.29) is 0 Å². The summed E-state index contributed by atoms with van der Waals surface area (Å²) in [6.07, 6.45) is 0.833. The van der Waals surface area contributed by atoms with Crippen molar-refractivity contribution in [3.63, 3.8) is 0 Å². The lowest BCUT2D eigenvalue weighted by Crippen LogP contribution is -2.08. The minimum atomic E-state index is 0.489. The van der Waals surface area contributed by atoms with E-state index >= 15 is 0 Å². The van der Waals surface area contributed by atoms with Crippen LogP contribution in [0.15, 0.2) is 24.3 Å². The molecule has 2 heterocycles. The van der Waals surface area contributed by atoms with Gasteiger partial charge in [0.15, 0.2) is 5.65 Å². The number of rotatable bonds is 3. The monoisotopic (exact) mass is 289 g/mol. The summed E-state index contributed by atoms with van der Waals surface area (Å²) in [7, 11) is 1.91. The number of nitrogens with two attached hydrogens (primary N) is 1. The number of hydrogen-bond donors (Lipinski definition) is 1. The minimum absolute atomic E-state index is 0.489. The largest absolute Gasteiger partial charge is 0.369 e. The SMILES string of the molecule is CCc1nn(C)c2c1nc(N)n2Cc1ccccc1Cl. The highest BCUT2D eigenvalue weighted by atomic mass is 35.5. The van der Waals surface area contributed by atoms with Gasteiger partial charge in [-0.15, -0.1) is 0 Å². The lowest BCUT2D eigenvalue weighted by Gasteiger charge is -2.08. The van der Waals surface area contributed by atoms with E-state index in [1.807, 2.05) is 40.6 Å². The zero-order chi connectivity index (χ0) is 14.3. The molecular weight excluding hydrogens is 274 g/mol. The number of imidazole rings is 1. The highest BCUT2D eigenvalue weighted by Gasteiger charge is 2.17. The molecule has 3 aromatic rings. The van der Waals surface area contributed by atoms with Crippen LogP contribution in [0.2, 0.25) is 5.02 Å². The van der Waals surface area contributed by atoms with Gasteiger partial charge < -0.3 is 5.73 Å². The van der Waals surface area contributed by atoms with Crippen LogP contribution in [0.25, 0.3) is 11.2 Å². The molecule has 0 spiro atoms. The van der Waals surface area contributed by atoms with Gasteiger partial charge in [-0.25, -0.2) is 4.98 Å². The second-order valence-electron chi connectivity index (χ2n) is 4.74. The highest BCUT2D eigenvalue weighted by Crippen LogP contribution is 2.24. The summed E-state index contributed by atoms with van der Waals surface area (Å²) in [6, 6.07) is 7.75. The van der Waals surface area contributed by atoms with E-state index in [2.05, 4.69) is 17.0 Å². The van der Waals surface area contributed by atoms with Crippen LogP contribution in [0.1, 0.15) is 18.2 Å². The van der Waals surface area contributed by atoms with Crippen LogP contribution >= 0.6 is 11.6 Å². The molecule has 0 atom stereocenters. The smallest absolute Gasteiger partial charge is 0.202 e. The van der Waals surface area contributed by atoms with Gasteiger partial charge in [-0.2, -0.15) is 5.10 Å². The number of anilines is 1. The molecule has 2 aromatic heterocycles. The first kappa shape index (κ1) is 13.0. The molecule has 20 heavy (non-hydrogen) atoms. The summed E-state index contributed by atoms with van der Waals surface area (Å²) in [5.74, 6) is 0.489. The summed E-state index contributed by atoms with van der Waals surface area (Å²) in [5, 5.41) is 5.21. The van der Waals surface area contributed by atoms with E-state index in [4.69, 9.17) is 17.3 Å². The van der Waals surface area contributed by atoms with E-state index in [0.717, 1.165) is 33.9 Å². The van der Waals surface area contributed by atoms with Gasteiger partial charge in [0.25, 0.3) is 0 Å². The van der Waals surface area contributed by atoms with Gasteiger partial charge in [0.1, 0.15) is 5.52 Å². The van der Waals surface area contributed by atoms with Gasteiger partial charge >= 0.3 is 0 Å². The molecule has 0 fully saturated rings. The van der Waals surface area contributed by atoms with Crippen molar-refractivity contribution in [2.75, 3.05) is 5.73 Å². The van der Waals surface area contributed by atoms with Gasteiger partial charge in [-0.1, -0.05) is 36.7 Å². The van der Waals surface area contributed by atoms with Crippen molar-refractivity contribution in [2.24, 2.45) is 7.05 Å². The summed E-state index contributed by atoms with van der Waals surface area (Å²) in [6.45, 7) is 2.65. The van der Waals surface area contributed by atoms with Crippen molar-refractivity contribution in [1.82, 2.24) is 19.3 Å². The maximum atomic E-state index is 6.22. The van der Waals surface area contributed by atoms with E-state index in [9.17, 15) is 0 Å². The summed E-state index contributed by atoms with van der Waals surface area (Å²) in [4.78, 5) is 4.44. The number of nitrogen functional groups attached to an aromatic ring is 1. The fourth-order valence-corrected chi connectivity index (χ4v) is 2.65. The molecule has 0 saturated carbocycles. The normalized spacial score (nSPS) is 11.3. The first-order chi connectivity index (χ1) is 9.61. The van der Waals surface area contributed by atoms with Crippen LogP contribution in [0.4, 0.5) is 5.95 Å². The fraction of sp³-hybridized carbons (Fsp3) is 0.286. The zero-order valence-electron chi connectivity index (χ0n) is 11.5. The van der Waals surface area contributed by atoms with Gasteiger partial charge in [-0.3, -0.25) is 9.25 Å². The van der Waals surface area contributed by atoms with Gasteiger partial charge in [0, 0.05) is 12.1 Å². The predicted octanol–water partition coefficient (Wildman–Crippen LogP) is 2.62. The Morgan fingerprint density at radius 1 is 1.30 bits per heavy atom.